The second-order valence-corrected chi connectivity index (χ2v) is 3.97. The third-order valence-corrected chi connectivity index (χ3v) is 2.62. The van der Waals surface area contributed by atoms with Gasteiger partial charge >= 0.3 is 0 Å². The van der Waals surface area contributed by atoms with Gasteiger partial charge in [-0.1, -0.05) is 30.3 Å². The van der Waals surface area contributed by atoms with Gasteiger partial charge in [0.15, 0.2) is 6.10 Å². The Morgan fingerprint density at radius 3 is 2.56 bits per heavy atom. The number of ether oxygens (including phenoxy) is 1. The molecule has 2 aromatic rings. The average molecular weight is 239 g/mol. The van der Waals surface area contributed by atoms with Gasteiger partial charge < -0.3 is 9.84 Å². The van der Waals surface area contributed by atoms with E-state index in [4.69, 9.17) is 10.00 Å². The first-order valence-corrected chi connectivity index (χ1v) is 5.62. The molecular weight excluding hydrogens is 226 g/mol. The van der Waals surface area contributed by atoms with Crippen molar-refractivity contribution in [2.75, 3.05) is 0 Å². The fraction of sp³-hybridized carbons (Fsp3) is 0.133. The van der Waals surface area contributed by atoms with E-state index < -0.39 is 6.10 Å². The maximum absolute atomic E-state index is 9.49. The van der Waals surface area contributed by atoms with Crippen LogP contribution in [-0.4, -0.2) is 5.11 Å². The fourth-order valence-electron chi connectivity index (χ4n) is 1.59. The van der Waals surface area contributed by atoms with Crippen LogP contribution in [-0.2, 0) is 0 Å². The zero-order valence-electron chi connectivity index (χ0n) is 10.00. The number of benzene rings is 2. The van der Waals surface area contributed by atoms with E-state index in [1.165, 1.54) is 0 Å². The van der Waals surface area contributed by atoms with Gasteiger partial charge in [0.05, 0.1) is 6.07 Å². The van der Waals surface area contributed by atoms with Gasteiger partial charge in [-0.15, -0.1) is 0 Å². The Labute approximate surface area is 106 Å². The summed E-state index contributed by atoms with van der Waals surface area (Å²) in [7, 11) is 0. The van der Waals surface area contributed by atoms with Gasteiger partial charge in [0, 0.05) is 0 Å². The van der Waals surface area contributed by atoms with E-state index in [0.717, 1.165) is 11.3 Å². The minimum atomic E-state index is -1.12. The molecule has 1 unspecified atom stereocenters. The van der Waals surface area contributed by atoms with Crippen LogP contribution in [0.5, 0.6) is 11.5 Å². The largest absolute Gasteiger partial charge is 0.457 e. The molecule has 0 fully saturated rings. The van der Waals surface area contributed by atoms with E-state index in [-0.39, 0.29) is 0 Å². The standard InChI is InChI=1S/C15H13NO2/c1-11-7-8-12(14(17)10-16)9-15(11)18-13-5-3-2-4-6-13/h2-9,14,17H,1H3. The molecule has 0 saturated heterocycles. The molecule has 2 aromatic carbocycles. The first-order valence-electron chi connectivity index (χ1n) is 5.62. The van der Waals surface area contributed by atoms with Gasteiger partial charge in [0.2, 0.25) is 0 Å². The van der Waals surface area contributed by atoms with Crippen LogP contribution in [0.3, 0.4) is 0 Å². The lowest BCUT2D eigenvalue weighted by molar-refractivity contribution is 0.235. The second-order valence-electron chi connectivity index (χ2n) is 3.97. The van der Waals surface area contributed by atoms with Gasteiger partial charge in [-0.05, 0) is 36.2 Å². The average Bonchev–Trinajstić information content (AvgIpc) is 2.41. The van der Waals surface area contributed by atoms with E-state index in [9.17, 15) is 5.11 Å². The van der Waals surface area contributed by atoms with Gasteiger partial charge in [0.1, 0.15) is 11.5 Å². The maximum Gasteiger partial charge on any atom is 0.166 e. The Kier molecular flexibility index (Phi) is 3.61. The zero-order chi connectivity index (χ0) is 13.0. The summed E-state index contributed by atoms with van der Waals surface area (Å²) >= 11 is 0. The fourth-order valence-corrected chi connectivity index (χ4v) is 1.59. The zero-order valence-corrected chi connectivity index (χ0v) is 10.00. The minimum absolute atomic E-state index is 0.536. The van der Waals surface area contributed by atoms with E-state index in [0.29, 0.717) is 11.3 Å². The van der Waals surface area contributed by atoms with Crippen LogP contribution in [0.2, 0.25) is 0 Å². The molecular formula is C15H13NO2. The molecule has 18 heavy (non-hydrogen) atoms. The molecule has 1 atom stereocenters. The summed E-state index contributed by atoms with van der Waals surface area (Å²) in [5.41, 5.74) is 1.49. The summed E-state index contributed by atoms with van der Waals surface area (Å²) in [5.74, 6) is 1.37. The van der Waals surface area contributed by atoms with E-state index >= 15 is 0 Å². The van der Waals surface area contributed by atoms with Crippen LogP contribution >= 0.6 is 0 Å². The van der Waals surface area contributed by atoms with Gasteiger partial charge in [-0.25, -0.2) is 0 Å². The molecule has 0 heterocycles. The van der Waals surface area contributed by atoms with Crippen molar-refractivity contribution in [1.82, 2.24) is 0 Å². The molecule has 90 valence electrons. The van der Waals surface area contributed by atoms with Crippen molar-refractivity contribution >= 4 is 0 Å². The summed E-state index contributed by atoms with van der Waals surface area (Å²) in [5, 5.41) is 18.2. The molecule has 0 aliphatic rings. The van der Waals surface area contributed by atoms with Crippen LogP contribution in [0, 0.1) is 18.3 Å². The number of hydrogen-bond acceptors (Lipinski definition) is 3. The third kappa shape index (κ3) is 2.68. The molecule has 0 aliphatic carbocycles. The quantitative estimate of drug-likeness (QED) is 0.836. The Morgan fingerprint density at radius 2 is 1.89 bits per heavy atom. The molecule has 3 nitrogen and oxygen atoms in total. The number of rotatable bonds is 3. The summed E-state index contributed by atoms with van der Waals surface area (Å²) in [6.07, 6.45) is -1.12. The number of nitriles is 1. The molecule has 0 radical (unpaired) electrons. The summed E-state index contributed by atoms with van der Waals surface area (Å²) in [6, 6.07) is 16.4. The van der Waals surface area contributed by atoms with Crippen LogP contribution < -0.4 is 4.74 Å². The molecule has 0 spiro atoms. The molecule has 0 amide bonds. The topological polar surface area (TPSA) is 53.2 Å². The summed E-state index contributed by atoms with van der Waals surface area (Å²) < 4.78 is 5.72. The molecule has 0 bridgehead atoms. The monoisotopic (exact) mass is 239 g/mol. The Balaban J connectivity index is 2.30. The highest BCUT2D eigenvalue weighted by atomic mass is 16.5. The molecule has 3 heteroatoms. The number of aryl methyl sites for hydroxylation is 1. The van der Waals surface area contributed by atoms with E-state index in [1.54, 1.807) is 18.2 Å². The lowest BCUT2D eigenvalue weighted by atomic mass is 10.1. The Bertz CT molecular complexity index is 573. The lowest BCUT2D eigenvalue weighted by Gasteiger charge is -2.11. The number of hydrogen-bond donors (Lipinski definition) is 1. The first kappa shape index (κ1) is 12.2. The highest BCUT2D eigenvalue weighted by Crippen LogP contribution is 2.27. The van der Waals surface area contributed by atoms with Gasteiger partial charge in [0.25, 0.3) is 0 Å². The predicted molar refractivity (Wildman–Crippen MR) is 68.3 cm³/mol. The maximum atomic E-state index is 9.49. The van der Waals surface area contributed by atoms with Crippen LogP contribution in [0.1, 0.15) is 17.2 Å². The number of aliphatic hydroxyl groups is 1. The first-order chi connectivity index (χ1) is 8.70. The van der Waals surface area contributed by atoms with Crippen molar-refractivity contribution in [1.29, 1.82) is 5.26 Å². The molecule has 0 saturated carbocycles. The van der Waals surface area contributed by atoms with Crippen molar-refractivity contribution in [3.63, 3.8) is 0 Å². The molecule has 1 N–H and O–H groups in total. The lowest BCUT2D eigenvalue weighted by Crippen LogP contribution is -1.95. The van der Waals surface area contributed by atoms with Crippen molar-refractivity contribution in [2.45, 2.75) is 13.0 Å². The van der Waals surface area contributed by atoms with E-state index in [2.05, 4.69) is 0 Å². The van der Waals surface area contributed by atoms with Crippen LogP contribution in [0.15, 0.2) is 48.5 Å². The predicted octanol–water partition coefficient (Wildman–Crippen LogP) is 3.34. The van der Waals surface area contributed by atoms with Crippen LogP contribution in [0.4, 0.5) is 0 Å². The number of nitrogens with zero attached hydrogens (tertiary/aromatic N) is 1. The van der Waals surface area contributed by atoms with Crippen LogP contribution in [0.25, 0.3) is 0 Å². The molecule has 2 rings (SSSR count). The smallest absolute Gasteiger partial charge is 0.166 e. The number of aliphatic hydroxyl groups excluding tert-OH is 1. The Hall–Kier alpha value is -2.31. The van der Waals surface area contributed by atoms with Gasteiger partial charge in [-0.3, -0.25) is 0 Å². The summed E-state index contributed by atoms with van der Waals surface area (Å²) in [4.78, 5) is 0. The Morgan fingerprint density at radius 1 is 1.17 bits per heavy atom. The highest BCUT2D eigenvalue weighted by molar-refractivity contribution is 5.41. The normalized spacial score (nSPS) is 11.6. The van der Waals surface area contributed by atoms with Gasteiger partial charge in [-0.2, -0.15) is 5.26 Å². The van der Waals surface area contributed by atoms with E-state index in [1.807, 2.05) is 43.3 Å². The molecule has 0 aliphatic heterocycles. The van der Waals surface area contributed by atoms with Crippen molar-refractivity contribution in [3.8, 4) is 17.6 Å². The SMILES string of the molecule is Cc1ccc(C(O)C#N)cc1Oc1ccccc1. The molecule has 0 aromatic heterocycles. The minimum Gasteiger partial charge on any atom is -0.457 e. The van der Waals surface area contributed by atoms with Crippen molar-refractivity contribution < 1.29 is 9.84 Å². The summed E-state index contributed by atoms with van der Waals surface area (Å²) in [6.45, 7) is 1.92. The second kappa shape index (κ2) is 5.35. The van der Waals surface area contributed by atoms with Crippen molar-refractivity contribution in [3.05, 3.63) is 59.7 Å². The highest BCUT2D eigenvalue weighted by Gasteiger charge is 2.09. The van der Waals surface area contributed by atoms with Crippen molar-refractivity contribution in [2.24, 2.45) is 0 Å². The third-order valence-electron chi connectivity index (χ3n) is 2.62. The number of para-hydroxylation sites is 1.